The fraction of sp³-hybridized carbons (Fsp3) is 0.500. The van der Waals surface area contributed by atoms with Crippen LogP contribution in [0.1, 0.15) is 31.9 Å². The lowest BCUT2D eigenvalue weighted by atomic mass is 10.1. The molecule has 1 aromatic carbocycles. The van der Waals surface area contributed by atoms with E-state index in [0.29, 0.717) is 18.1 Å². The maximum atomic E-state index is 12.6. The number of hydrogen-bond acceptors (Lipinski definition) is 1. The second-order valence-corrected chi connectivity index (χ2v) is 4.69. The van der Waals surface area contributed by atoms with E-state index in [0.717, 1.165) is 12.1 Å². The van der Waals surface area contributed by atoms with Crippen LogP contribution in [-0.2, 0) is 12.7 Å². The van der Waals surface area contributed by atoms with E-state index in [-0.39, 0.29) is 12.6 Å². The zero-order valence-corrected chi connectivity index (χ0v) is 11.9. The Hall–Kier alpha value is -1.72. The summed E-state index contributed by atoms with van der Waals surface area (Å²) in [6, 6.07) is 5.43. The third-order valence-electron chi connectivity index (χ3n) is 2.44. The first-order valence-electron chi connectivity index (χ1n) is 6.54. The molecule has 0 atom stereocenters. The fourth-order valence-corrected chi connectivity index (χ4v) is 1.61. The number of aliphatic imine (C=N–C) groups is 1. The summed E-state index contributed by atoms with van der Waals surface area (Å²) in [5.41, 5.74) is -0.118. The van der Waals surface area contributed by atoms with Crippen molar-refractivity contribution in [1.82, 2.24) is 10.6 Å². The monoisotopic (exact) mass is 287 g/mol. The molecule has 1 aromatic rings. The van der Waals surface area contributed by atoms with Gasteiger partial charge in [-0.25, -0.2) is 4.99 Å². The molecule has 0 unspecified atom stereocenters. The highest BCUT2D eigenvalue weighted by molar-refractivity contribution is 5.79. The summed E-state index contributed by atoms with van der Waals surface area (Å²) in [6.45, 7) is 6.77. The maximum absolute atomic E-state index is 12.6. The first kappa shape index (κ1) is 16.3. The minimum absolute atomic E-state index is 0.200. The molecule has 0 spiro atoms. The summed E-state index contributed by atoms with van der Waals surface area (Å²) in [4.78, 5) is 4.27. The van der Waals surface area contributed by atoms with E-state index in [1.165, 1.54) is 6.07 Å². The van der Waals surface area contributed by atoms with E-state index in [1.807, 2.05) is 20.8 Å². The Labute approximate surface area is 117 Å². The van der Waals surface area contributed by atoms with Gasteiger partial charge in [-0.05, 0) is 38.5 Å². The van der Waals surface area contributed by atoms with Gasteiger partial charge in [0.25, 0.3) is 0 Å². The first-order chi connectivity index (χ1) is 9.32. The Balaban J connectivity index is 2.81. The van der Waals surface area contributed by atoms with Crippen molar-refractivity contribution in [3.8, 4) is 0 Å². The van der Waals surface area contributed by atoms with Crippen molar-refractivity contribution >= 4 is 5.96 Å². The number of benzene rings is 1. The van der Waals surface area contributed by atoms with Crippen LogP contribution in [0.15, 0.2) is 29.3 Å². The first-order valence-corrected chi connectivity index (χ1v) is 6.54. The van der Waals surface area contributed by atoms with Crippen molar-refractivity contribution in [3.63, 3.8) is 0 Å². The van der Waals surface area contributed by atoms with Gasteiger partial charge in [0.2, 0.25) is 0 Å². The number of rotatable bonds is 4. The van der Waals surface area contributed by atoms with Gasteiger partial charge < -0.3 is 10.6 Å². The van der Waals surface area contributed by atoms with Crippen molar-refractivity contribution in [1.29, 1.82) is 0 Å². The van der Waals surface area contributed by atoms with Crippen molar-refractivity contribution in [2.75, 3.05) is 6.54 Å². The lowest BCUT2D eigenvalue weighted by Crippen LogP contribution is -2.41. The maximum Gasteiger partial charge on any atom is 0.416 e. The molecule has 2 N–H and O–H groups in total. The summed E-state index contributed by atoms with van der Waals surface area (Å²) in [6.07, 6.45) is -4.32. The normalized spacial score (nSPS) is 12.7. The molecular formula is C14H20F3N3. The van der Waals surface area contributed by atoms with Gasteiger partial charge in [-0.2, -0.15) is 13.2 Å². The molecule has 0 amide bonds. The number of hydrogen-bond donors (Lipinski definition) is 2. The predicted octanol–water partition coefficient (Wildman–Crippen LogP) is 3.17. The van der Waals surface area contributed by atoms with Gasteiger partial charge >= 0.3 is 6.18 Å². The summed E-state index contributed by atoms with van der Waals surface area (Å²) >= 11 is 0. The SMILES string of the molecule is CCNC(=NCc1cccc(C(F)(F)F)c1)NC(C)C. The quantitative estimate of drug-likeness (QED) is 0.659. The topological polar surface area (TPSA) is 36.4 Å². The largest absolute Gasteiger partial charge is 0.416 e. The molecular weight excluding hydrogens is 267 g/mol. The van der Waals surface area contributed by atoms with Gasteiger partial charge in [-0.3, -0.25) is 0 Å². The second kappa shape index (κ2) is 7.17. The van der Waals surface area contributed by atoms with Gasteiger partial charge in [0.1, 0.15) is 0 Å². The van der Waals surface area contributed by atoms with Crippen LogP contribution >= 0.6 is 0 Å². The number of nitrogens with zero attached hydrogens (tertiary/aromatic N) is 1. The Morgan fingerprint density at radius 3 is 2.55 bits per heavy atom. The molecule has 1 rings (SSSR count). The van der Waals surface area contributed by atoms with Gasteiger partial charge in [0, 0.05) is 12.6 Å². The molecule has 0 fully saturated rings. The van der Waals surface area contributed by atoms with Gasteiger partial charge in [0.15, 0.2) is 5.96 Å². The molecule has 0 aromatic heterocycles. The summed E-state index contributed by atoms with van der Waals surface area (Å²) < 4.78 is 37.8. The van der Waals surface area contributed by atoms with Crippen molar-refractivity contribution in [2.24, 2.45) is 4.99 Å². The van der Waals surface area contributed by atoms with E-state index in [9.17, 15) is 13.2 Å². The Bertz CT molecular complexity index is 453. The third kappa shape index (κ3) is 5.50. The molecule has 0 aliphatic carbocycles. The van der Waals surface area contributed by atoms with E-state index >= 15 is 0 Å². The number of nitrogens with one attached hydrogen (secondary N) is 2. The number of alkyl halides is 3. The van der Waals surface area contributed by atoms with E-state index in [4.69, 9.17) is 0 Å². The summed E-state index contributed by atoms with van der Waals surface area (Å²) in [5.74, 6) is 0.597. The van der Waals surface area contributed by atoms with Crippen LogP contribution in [0, 0.1) is 0 Å². The van der Waals surface area contributed by atoms with Crippen LogP contribution in [0.2, 0.25) is 0 Å². The molecule has 0 saturated carbocycles. The van der Waals surface area contributed by atoms with Crippen LogP contribution in [0.3, 0.4) is 0 Å². The number of halogens is 3. The van der Waals surface area contributed by atoms with Crippen molar-refractivity contribution in [3.05, 3.63) is 35.4 Å². The zero-order chi connectivity index (χ0) is 15.2. The highest BCUT2D eigenvalue weighted by atomic mass is 19.4. The van der Waals surface area contributed by atoms with E-state index in [1.54, 1.807) is 6.07 Å². The molecule has 0 radical (unpaired) electrons. The zero-order valence-electron chi connectivity index (χ0n) is 11.9. The standard InChI is InChI=1S/C14H20F3N3/c1-4-18-13(20-10(2)3)19-9-11-6-5-7-12(8-11)14(15,16)17/h5-8,10H,4,9H2,1-3H3,(H2,18,19,20). The molecule has 6 heteroatoms. The van der Waals surface area contributed by atoms with Gasteiger partial charge in [0.05, 0.1) is 12.1 Å². The minimum Gasteiger partial charge on any atom is -0.357 e. The summed E-state index contributed by atoms with van der Waals surface area (Å²) in [7, 11) is 0. The highest BCUT2D eigenvalue weighted by Gasteiger charge is 2.30. The molecule has 0 bridgehead atoms. The van der Waals surface area contributed by atoms with E-state index < -0.39 is 11.7 Å². The highest BCUT2D eigenvalue weighted by Crippen LogP contribution is 2.29. The Morgan fingerprint density at radius 1 is 1.30 bits per heavy atom. The molecule has 0 aliphatic heterocycles. The molecule has 0 saturated heterocycles. The molecule has 0 aliphatic rings. The van der Waals surface area contributed by atoms with Crippen LogP contribution in [-0.4, -0.2) is 18.5 Å². The van der Waals surface area contributed by atoms with Crippen molar-refractivity contribution in [2.45, 2.75) is 39.5 Å². The van der Waals surface area contributed by atoms with E-state index in [2.05, 4.69) is 15.6 Å². The predicted molar refractivity (Wildman–Crippen MR) is 74.5 cm³/mol. The van der Waals surface area contributed by atoms with Crippen LogP contribution in [0.4, 0.5) is 13.2 Å². The van der Waals surface area contributed by atoms with Gasteiger partial charge in [-0.1, -0.05) is 12.1 Å². The molecule has 3 nitrogen and oxygen atoms in total. The average molecular weight is 287 g/mol. The van der Waals surface area contributed by atoms with Gasteiger partial charge in [-0.15, -0.1) is 0 Å². The third-order valence-corrected chi connectivity index (χ3v) is 2.44. The molecule has 112 valence electrons. The van der Waals surface area contributed by atoms with Crippen LogP contribution in [0.5, 0.6) is 0 Å². The smallest absolute Gasteiger partial charge is 0.357 e. The van der Waals surface area contributed by atoms with Crippen LogP contribution in [0.25, 0.3) is 0 Å². The lowest BCUT2D eigenvalue weighted by Gasteiger charge is -2.14. The fourth-order valence-electron chi connectivity index (χ4n) is 1.61. The Kier molecular flexibility index (Phi) is 5.85. The average Bonchev–Trinajstić information content (AvgIpc) is 2.35. The minimum atomic E-state index is -4.32. The Morgan fingerprint density at radius 2 is 2.00 bits per heavy atom. The second-order valence-electron chi connectivity index (χ2n) is 4.69. The molecule has 0 heterocycles. The summed E-state index contributed by atoms with van der Waals surface area (Å²) in [5, 5.41) is 6.16. The number of guanidine groups is 1. The van der Waals surface area contributed by atoms with Crippen LogP contribution < -0.4 is 10.6 Å². The molecule has 20 heavy (non-hydrogen) atoms. The lowest BCUT2D eigenvalue weighted by molar-refractivity contribution is -0.137. The van der Waals surface area contributed by atoms with Crippen molar-refractivity contribution < 1.29 is 13.2 Å².